The minimum atomic E-state index is -3.96. The van der Waals surface area contributed by atoms with Crippen molar-refractivity contribution in [2.45, 2.75) is 11.8 Å². The molecule has 33 heavy (non-hydrogen) atoms. The Hall–Kier alpha value is -4.31. The summed E-state index contributed by atoms with van der Waals surface area (Å²) in [5, 5.41) is 7.07. The lowest BCUT2D eigenvalue weighted by atomic mass is 10.2. The first-order valence-electron chi connectivity index (χ1n) is 10.00. The number of anilines is 3. The molecule has 2 N–H and O–H groups in total. The van der Waals surface area contributed by atoms with Gasteiger partial charge in [-0.05, 0) is 42.5 Å². The minimum absolute atomic E-state index is 0.0970. The number of amides is 1. The fourth-order valence-electron chi connectivity index (χ4n) is 3.51. The van der Waals surface area contributed by atoms with E-state index in [0.717, 1.165) is 9.36 Å². The molecule has 164 valence electrons. The highest BCUT2D eigenvalue weighted by Gasteiger charge is 2.23. The van der Waals surface area contributed by atoms with Gasteiger partial charge < -0.3 is 10.6 Å². The van der Waals surface area contributed by atoms with Crippen LogP contribution in [0.1, 0.15) is 6.92 Å². The van der Waals surface area contributed by atoms with Gasteiger partial charge in [-0.15, -0.1) is 0 Å². The van der Waals surface area contributed by atoms with Gasteiger partial charge in [0.1, 0.15) is 4.90 Å². The van der Waals surface area contributed by atoms with Crippen LogP contribution >= 0.6 is 0 Å². The molecule has 9 nitrogen and oxygen atoms in total. The Morgan fingerprint density at radius 1 is 0.909 bits per heavy atom. The predicted molar refractivity (Wildman–Crippen MR) is 126 cm³/mol. The number of carbonyl (C=O) groups is 1. The highest BCUT2D eigenvalue weighted by atomic mass is 32.2. The third-order valence-corrected chi connectivity index (χ3v) is 6.69. The van der Waals surface area contributed by atoms with Gasteiger partial charge in [0.05, 0.1) is 5.52 Å². The van der Waals surface area contributed by atoms with Gasteiger partial charge in [-0.25, -0.2) is 17.4 Å². The molecule has 0 saturated carbocycles. The molecule has 0 atom stereocenters. The van der Waals surface area contributed by atoms with Gasteiger partial charge in [-0.3, -0.25) is 9.78 Å². The van der Waals surface area contributed by atoms with Crippen LogP contribution in [0.5, 0.6) is 0 Å². The first-order chi connectivity index (χ1) is 15.9. The van der Waals surface area contributed by atoms with E-state index in [0.29, 0.717) is 22.3 Å². The normalized spacial score (nSPS) is 11.5. The van der Waals surface area contributed by atoms with E-state index in [-0.39, 0.29) is 22.4 Å². The topological polar surface area (TPSA) is 119 Å². The molecule has 0 aliphatic rings. The molecular formula is C23H18N6O3S. The van der Waals surface area contributed by atoms with Crippen LogP contribution in [-0.2, 0) is 14.8 Å². The van der Waals surface area contributed by atoms with Crippen molar-refractivity contribution in [1.29, 1.82) is 0 Å². The van der Waals surface area contributed by atoms with E-state index in [2.05, 4.69) is 25.6 Å². The molecule has 10 heteroatoms. The summed E-state index contributed by atoms with van der Waals surface area (Å²) in [6, 6.07) is 17.3. The molecule has 0 radical (unpaired) electrons. The van der Waals surface area contributed by atoms with Crippen molar-refractivity contribution >= 4 is 55.2 Å². The molecule has 0 bridgehead atoms. The summed E-state index contributed by atoms with van der Waals surface area (Å²) in [7, 11) is -3.96. The van der Waals surface area contributed by atoms with E-state index in [4.69, 9.17) is 0 Å². The zero-order valence-electron chi connectivity index (χ0n) is 17.4. The molecule has 1 amide bonds. The first kappa shape index (κ1) is 20.6. The van der Waals surface area contributed by atoms with Crippen molar-refractivity contribution in [3.63, 3.8) is 0 Å². The summed E-state index contributed by atoms with van der Waals surface area (Å²) in [5.74, 6) is 0.0776. The van der Waals surface area contributed by atoms with Gasteiger partial charge >= 0.3 is 0 Å². The summed E-state index contributed by atoms with van der Waals surface area (Å²) in [6.45, 7) is 1.44. The second-order valence-corrected chi connectivity index (χ2v) is 9.09. The maximum Gasteiger partial charge on any atom is 0.271 e. The Balaban J connectivity index is 1.53. The van der Waals surface area contributed by atoms with Crippen LogP contribution in [0.4, 0.5) is 17.3 Å². The van der Waals surface area contributed by atoms with E-state index in [1.54, 1.807) is 54.9 Å². The van der Waals surface area contributed by atoms with E-state index >= 15 is 0 Å². The van der Waals surface area contributed by atoms with Gasteiger partial charge in [-0.2, -0.15) is 4.98 Å². The molecule has 0 unspecified atom stereocenters. The molecule has 0 aliphatic carbocycles. The summed E-state index contributed by atoms with van der Waals surface area (Å²) in [6.07, 6.45) is 4.59. The maximum atomic E-state index is 13.5. The van der Waals surface area contributed by atoms with Crippen LogP contribution in [-0.4, -0.2) is 33.2 Å². The number of hydrogen-bond acceptors (Lipinski definition) is 7. The van der Waals surface area contributed by atoms with Gasteiger partial charge in [0, 0.05) is 47.7 Å². The average molecular weight is 459 g/mol. The van der Waals surface area contributed by atoms with Gasteiger partial charge in [0.15, 0.2) is 5.65 Å². The number of para-hydroxylation sites is 1. The quantitative estimate of drug-likeness (QED) is 0.410. The third-order valence-electron chi connectivity index (χ3n) is 4.99. The van der Waals surface area contributed by atoms with Crippen LogP contribution in [0, 0.1) is 0 Å². The molecular weight excluding hydrogens is 440 g/mol. The Kier molecular flexibility index (Phi) is 4.98. The molecule has 2 aromatic carbocycles. The first-order valence-corrected chi connectivity index (χ1v) is 11.4. The van der Waals surface area contributed by atoms with Gasteiger partial charge in [0.25, 0.3) is 10.0 Å². The molecule has 0 fully saturated rings. The second-order valence-electron chi connectivity index (χ2n) is 7.30. The van der Waals surface area contributed by atoms with Crippen molar-refractivity contribution < 1.29 is 13.2 Å². The zero-order valence-corrected chi connectivity index (χ0v) is 18.2. The van der Waals surface area contributed by atoms with Crippen molar-refractivity contribution in [3.05, 3.63) is 79.3 Å². The third kappa shape index (κ3) is 3.87. The summed E-state index contributed by atoms with van der Waals surface area (Å²) in [5.41, 5.74) is 1.99. The second kappa shape index (κ2) is 7.99. The Bertz CT molecular complexity index is 1610. The number of rotatable bonds is 5. The van der Waals surface area contributed by atoms with E-state index < -0.39 is 10.0 Å². The van der Waals surface area contributed by atoms with Crippen LogP contribution < -0.4 is 10.6 Å². The molecule has 5 rings (SSSR count). The number of hydrogen-bond donors (Lipinski definition) is 2. The summed E-state index contributed by atoms with van der Waals surface area (Å²) in [4.78, 5) is 24.3. The predicted octanol–water partition coefficient (Wildman–Crippen LogP) is 3.92. The fourth-order valence-corrected chi connectivity index (χ4v) is 4.98. The molecule has 3 heterocycles. The number of benzene rings is 2. The summed E-state index contributed by atoms with van der Waals surface area (Å²) < 4.78 is 28.2. The van der Waals surface area contributed by atoms with Gasteiger partial charge in [0.2, 0.25) is 11.9 Å². The average Bonchev–Trinajstić information content (AvgIpc) is 3.24. The lowest BCUT2D eigenvalue weighted by Crippen LogP contribution is -2.13. The minimum Gasteiger partial charge on any atom is -0.326 e. The molecule has 5 aromatic rings. The van der Waals surface area contributed by atoms with E-state index in [1.165, 1.54) is 19.2 Å². The monoisotopic (exact) mass is 458 g/mol. The van der Waals surface area contributed by atoms with Crippen molar-refractivity contribution in [2.24, 2.45) is 0 Å². The maximum absolute atomic E-state index is 13.5. The van der Waals surface area contributed by atoms with Crippen LogP contribution in [0.3, 0.4) is 0 Å². The number of carbonyl (C=O) groups excluding carboxylic acids is 1. The van der Waals surface area contributed by atoms with Crippen LogP contribution in [0.2, 0.25) is 0 Å². The smallest absolute Gasteiger partial charge is 0.271 e. The number of fused-ring (bicyclic) bond motifs is 2. The largest absolute Gasteiger partial charge is 0.326 e. The van der Waals surface area contributed by atoms with Crippen molar-refractivity contribution in [3.8, 4) is 0 Å². The Morgan fingerprint density at radius 2 is 1.67 bits per heavy atom. The van der Waals surface area contributed by atoms with E-state index in [1.807, 2.05) is 12.1 Å². The molecule has 0 spiro atoms. The molecule has 3 aromatic heterocycles. The number of nitrogens with one attached hydrogen (secondary N) is 2. The molecule has 0 saturated heterocycles. The van der Waals surface area contributed by atoms with Crippen LogP contribution in [0.25, 0.3) is 21.9 Å². The standard InChI is InChI=1S/C23H18N6O3S/c1-15(30)26-18-7-9-19(10-8-18)27-23-25-14-17-11-13-29(22(17)28-23)33(31,32)20-6-2-4-16-5-3-12-24-21(16)20/h2-14H,1H3,(H,26,30)(H,25,27,28). The van der Waals surface area contributed by atoms with Crippen molar-refractivity contribution in [2.75, 3.05) is 10.6 Å². The van der Waals surface area contributed by atoms with Gasteiger partial charge in [-0.1, -0.05) is 18.2 Å². The Morgan fingerprint density at radius 3 is 2.45 bits per heavy atom. The summed E-state index contributed by atoms with van der Waals surface area (Å²) >= 11 is 0. The van der Waals surface area contributed by atoms with E-state index in [9.17, 15) is 13.2 Å². The zero-order chi connectivity index (χ0) is 23.0. The number of nitrogens with zero attached hydrogens (tertiary/aromatic N) is 4. The fraction of sp³-hybridized carbons (Fsp3) is 0.0435. The van der Waals surface area contributed by atoms with Crippen molar-refractivity contribution in [1.82, 2.24) is 18.9 Å². The Labute approximate surface area is 189 Å². The lowest BCUT2D eigenvalue weighted by molar-refractivity contribution is -0.114. The lowest BCUT2D eigenvalue weighted by Gasteiger charge is -2.10. The number of aromatic nitrogens is 4. The molecule has 0 aliphatic heterocycles. The highest BCUT2D eigenvalue weighted by Crippen LogP contribution is 2.26. The highest BCUT2D eigenvalue weighted by molar-refractivity contribution is 7.90. The van der Waals surface area contributed by atoms with Crippen LogP contribution in [0.15, 0.2) is 84.1 Å². The SMILES string of the molecule is CC(=O)Nc1ccc(Nc2ncc3ccn(S(=O)(=O)c4cccc5cccnc45)c3n2)cc1. The number of pyridine rings is 1.